The molecular formula is C18H13F2N5O2. The van der Waals surface area contributed by atoms with Crippen LogP contribution in [0.15, 0.2) is 42.6 Å². The number of nitrogens with one attached hydrogen (secondary N) is 3. The van der Waals surface area contributed by atoms with Crippen LogP contribution < -0.4 is 5.32 Å². The summed E-state index contributed by atoms with van der Waals surface area (Å²) in [6.45, 7) is -0.107. The van der Waals surface area contributed by atoms with Gasteiger partial charge in [-0.25, -0.2) is 13.8 Å². The first-order valence-corrected chi connectivity index (χ1v) is 7.95. The van der Waals surface area contributed by atoms with Gasteiger partial charge in [0.05, 0.1) is 29.5 Å². The summed E-state index contributed by atoms with van der Waals surface area (Å²) in [5.41, 5.74) is 1.93. The van der Waals surface area contributed by atoms with Crippen molar-refractivity contribution in [1.82, 2.24) is 20.2 Å². The van der Waals surface area contributed by atoms with Crippen molar-refractivity contribution in [3.8, 4) is 11.5 Å². The molecule has 0 aliphatic carbocycles. The van der Waals surface area contributed by atoms with Crippen LogP contribution in [0.2, 0.25) is 0 Å². The molecule has 0 aliphatic rings. The van der Waals surface area contributed by atoms with Gasteiger partial charge in [0, 0.05) is 0 Å². The molecule has 4 rings (SSSR count). The maximum atomic E-state index is 13.8. The van der Waals surface area contributed by atoms with Gasteiger partial charge in [0.25, 0.3) is 5.91 Å². The largest absolute Gasteiger partial charge is 0.392 e. The molecule has 2 aromatic carbocycles. The number of aromatic amines is 2. The number of fused-ring (bicyclic) bond motifs is 1. The lowest BCUT2D eigenvalue weighted by Crippen LogP contribution is -2.16. The van der Waals surface area contributed by atoms with Crippen molar-refractivity contribution in [2.24, 2.45) is 0 Å². The Balaban J connectivity index is 1.68. The predicted octanol–water partition coefficient (Wildman–Crippen LogP) is 2.98. The highest BCUT2D eigenvalue weighted by Crippen LogP contribution is 2.26. The van der Waals surface area contributed by atoms with Crippen molar-refractivity contribution >= 4 is 22.6 Å². The number of nitrogens with zero attached hydrogens (tertiary/aromatic N) is 2. The number of anilines is 1. The molecule has 2 heterocycles. The van der Waals surface area contributed by atoms with Crippen LogP contribution in [0.1, 0.15) is 15.9 Å². The van der Waals surface area contributed by atoms with Crippen molar-refractivity contribution in [2.75, 3.05) is 5.32 Å². The summed E-state index contributed by atoms with van der Waals surface area (Å²) < 4.78 is 27.6. The maximum Gasteiger partial charge on any atom is 0.261 e. The molecule has 0 fully saturated rings. The van der Waals surface area contributed by atoms with E-state index in [0.717, 1.165) is 12.1 Å². The summed E-state index contributed by atoms with van der Waals surface area (Å²) in [7, 11) is 0. The number of halogens is 2. The Kier molecular flexibility index (Phi) is 4.13. The van der Waals surface area contributed by atoms with E-state index in [9.17, 15) is 18.7 Å². The van der Waals surface area contributed by atoms with E-state index >= 15 is 0 Å². The minimum atomic E-state index is -0.960. The van der Waals surface area contributed by atoms with Crippen molar-refractivity contribution in [1.29, 1.82) is 0 Å². The number of imidazole rings is 1. The Bertz CT molecular complexity index is 1130. The summed E-state index contributed by atoms with van der Waals surface area (Å²) in [5.74, 6) is -2.48. The molecule has 136 valence electrons. The third-order valence-electron chi connectivity index (χ3n) is 4.04. The molecule has 2 aromatic heterocycles. The van der Waals surface area contributed by atoms with Crippen LogP contribution in [-0.4, -0.2) is 31.2 Å². The highest BCUT2D eigenvalue weighted by atomic mass is 19.1. The smallest absolute Gasteiger partial charge is 0.261 e. The molecule has 0 atom stereocenters. The van der Waals surface area contributed by atoms with Gasteiger partial charge in [-0.05, 0) is 29.8 Å². The van der Waals surface area contributed by atoms with Gasteiger partial charge in [-0.3, -0.25) is 9.89 Å². The average molecular weight is 369 g/mol. The topological polar surface area (TPSA) is 107 Å². The summed E-state index contributed by atoms with van der Waals surface area (Å²) in [5, 5.41) is 18.2. The second-order valence-electron chi connectivity index (χ2n) is 5.80. The van der Waals surface area contributed by atoms with Gasteiger partial charge in [0.2, 0.25) is 0 Å². The summed E-state index contributed by atoms with van der Waals surface area (Å²) >= 11 is 0. The van der Waals surface area contributed by atoms with Gasteiger partial charge in [-0.15, -0.1) is 0 Å². The first-order chi connectivity index (χ1) is 13.1. The Morgan fingerprint density at radius 3 is 2.70 bits per heavy atom. The molecule has 0 spiro atoms. The number of aliphatic hydroxyl groups excluding tert-OH is 1. The maximum absolute atomic E-state index is 13.8. The fourth-order valence-corrected chi connectivity index (χ4v) is 2.73. The molecule has 7 nitrogen and oxygen atoms in total. The minimum absolute atomic E-state index is 0.107. The predicted molar refractivity (Wildman–Crippen MR) is 93.9 cm³/mol. The Labute approximate surface area is 151 Å². The number of hydrogen-bond donors (Lipinski definition) is 4. The molecule has 9 heteroatoms. The molecule has 0 unspecified atom stereocenters. The van der Waals surface area contributed by atoms with Gasteiger partial charge in [-0.1, -0.05) is 12.1 Å². The highest BCUT2D eigenvalue weighted by Gasteiger charge is 2.20. The zero-order valence-electron chi connectivity index (χ0n) is 13.8. The van der Waals surface area contributed by atoms with E-state index in [2.05, 4.69) is 25.5 Å². The molecule has 27 heavy (non-hydrogen) atoms. The number of carbonyl (C=O) groups excluding carboxylic acids is 1. The van der Waals surface area contributed by atoms with E-state index in [0.29, 0.717) is 28.1 Å². The van der Waals surface area contributed by atoms with Crippen molar-refractivity contribution in [2.45, 2.75) is 6.61 Å². The molecule has 0 radical (unpaired) electrons. The monoisotopic (exact) mass is 369 g/mol. The second kappa shape index (κ2) is 6.61. The standard InChI is InChI=1S/C18H13F2N5O2/c19-10-2-1-3-11(20)15(10)18(27)24-14-7-21-25-16(14)17-22-12-5-4-9(8-26)6-13(12)23-17/h1-7,26H,8H2,(H,21,25)(H,22,23)(H,24,27). The van der Waals surface area contributed by atoms with Gasteiger partial charge >= 0.3 is 0 Å². The Morgan fingerprint density at radius 1 is 1.19 bits per heavy atom. The van der Waals surface area contributed by atoms with Crippen LogP contribution in [0, 0.1) is 11.6 Å². The quantitative estimate of drug-likeness (QED) is 0.444. The number of aliphatic hydroxyl groups is 1. The lowest BCUT2D eigenvalue weighted by Gasteiger charge is -2.06. The summed E-state index contributed by atoms with van der Waals surface area (Å²) in [4.78, 5) is 19.8. The van der Waals surface area contributed by atoms with E-state index in [1.807, 2.05) is 0 Å². The zero-order valence-corrected chi connectivity index (χ0v) is 13.8. The van der Waals surface area contributed by atoms with Crippen LogP contribution >= 0.6 is 0 Å². The fraction of sp³-hybridized carbons (Fsp3) is 0.0556. The van der Waals surface area contributed by atoms with E-state index < -0.39 is 23.1 Å². The SMILES string of the molecule is O=C(Nc1cn[nH]c1-c1nc2ccc(CO)cc2[nH]1)c1c(F)cccc1F. The van der Waals surface area contributed by atoms with Crippen LogP contribution in [0.25, 0.3) is 22.6 Å². The highest BCUT2D eigenvalue weighted by molar-refractivity contribution is 6.06. The van der Waals surface area contributed by atoms with Crippen LogP contribution in [-0.2, 0) is 6.61 Å². The number of hydrogen-bond acceptors (Lipinski definition) is 4. The van der Waals surface area contributed by atoms with Crippen molar-refractivity contribution < 1.29 is 18.7 Å². The molecule has 4 aromatic rings. The Hall–Kier alpha value is -3.59. The van der Waals surface area contributed by atoms with Gasteiger partial charge < -0.3 is 15.4 Å². The number of amides is 1. The van der Waals surface area contributed by atoms with E-state index in [-0.39, 0.29) is 12.3 Å². The normalized spacial score (nSPS) is 11.1. The van der Waals surface area contributed by atoms with E-state index in [4.69, 9.17) is 0 Å². The molecule has 0 saturated carbocycles. The van der Waals surface area contributed by atoms with Crippen LogP contribution in [0.3, 0.4) is 0 Å². The van der Waals surface area contributed by atoms with Crippen molar-refractivity contribution in [3.05, 3.63) is 65.4 Å². The van der Waals surface area contributed by atoms with Crippen molar-refractivity contribution in [3.63, 3.8) is 0 Å². The lowest BCUT2D eigenvalue weighted by atomic mass is 10.2. The summed E-state index contributed by atoms with van der Waals surface area (Å²) in [6.07, 6.45) is 1.32. The zero-order chi connectivity index (χ0) is 19.0. The van der Waals surface area contributed by atoms with Crippen LogP contribution in [0.4, 0.5) is 14.5 Å². The first-order valence-electron chi connectivity index (χ1n) is 7.95. The number of benzene rings is 2. The number of H-pyrrole nitrogens is 2. The molecule has 0 aliphatic heterocycles. The minimum Gasteiger partial charge on any atom is -0.392 e. The number of aromatic nitrogens is 4. The Morgan fingerprint density at radius 2 is 1.96 bits per heavy atom. The first kappa shape index (κ1) is 16.9. The molecule has 4 N–H and O–H groups in total. The summed E-state index contributed by atoms with van der Waals surface area (Å²) in [6, 6.07) is 8.42. The van der Waals surface area contributed by atoms with E-state index in [1.54, 1.807) is 18.2 Å². The third-order valence-corrected chi connectivity index (χ3v) is 4.04. The molecule has 0 bridgehead atoms. The van der Waals surface area contributed by atoms with E-state index in [1.165, 1.54) is 12.3 Å². The average Bonchev–Trinajstić information content (AvgIpc) is 3.26. The van der Waals surface area contributed by atoms with Gasteiger partial charge in [-0.2, -0.15) is 5.10 Å². The molecule has 1 amide bonds. The molecule has 0 saturated heterocycles. The lowest BCUT2D eigenvalue weighted by molar-refractivity contribution is 0.101. The fourth-order valence-electron chi connectivity index (χ4n) is 2.73. The second-order valence-corrected chi connectivity index (χ2v) is 5.80. The number of carbonyl (C=O) groups is 1. The number of rotatable bonds is 4. The van der Waals surface area contributed by atoms with Gasteiger partial charge in [0.15, 0.2) is 5.82 Å². The van der Waals surface area contributed by atoms with Crippen LogP contribution in [0.5, 0.6) is 0 Å². The van der Waals surface area contributed by atoms with Gasteiger partial charge in [0.1, 0.15) is 22.9 Å². The third kappa shape index (κ3) is 3.04. The molecular weight excluding hydrogens is 356 g/mol.